The van der Waals surface area contributed by atoms with Crippen LogP contribution in [0, 0.1) is 0 Å². The highest BCUT2D eigenvalue weighted by atomic mass is 16.5. The van der Waals surface area contributed by atoms with Crippen molar-refractivity contribution in [3.05, 3.63) is 30.9 Å². The van der Waals surface area contributed by atoms with Crippen molar-refractivity contribution < 1.29 is 4.74 Å². The maximum atomic E-state index is 5.84. The maximum Gasteiger partial charge on any atom is 0.239 e. The van der Waals surface area contributed by atoms with Gasteiger partial charge in [-0.1, -0.05) is 6.92 Å². The summed E-state index contributed by atoms with van der Waals surface area (Å²) in [4.78, 5) is 8.41. The molecule has 0 fully saturated rings. The number of ether oxygens (including phenoxy) is 1. The van der Waals surface area contributed by atoms with Crippen LogP contribution in [0.15, 0.2) is 30.9 Å². The van der Waals surface area contributed by atoms with E-state index in [1.165, 1.54) is 0 Å². The number of hydrogen-bond acceptors (Lipinski definition) is 5. The fraction of sp³-hybridized carbons (Fsp3) is 0.467. The number of anilines is 2. The van der Waals surface area contributed by atoms with Gasteiger partial charge in [-0.2, -0.15) is 4.98 Å². The second-order valence-electron chi connectivity index (χ2n) is 4.87. The van der Waals surface area contributed by atoms with Crippen LogP contribution in [0.25, 0.3) is 0 Å². The standard InChI is InChI=1S/C15H23N5O/c1-2-11-21-15-13(16)5-6-14(19-15)18-7-3-4-9-20-10-8-17-12-20/h5-6,8,10,12H,2-4,7,9,11,16H2,1H3,(H,18,19). The topological polar surface area (TPSA) is 78.0 Å². The molecule has 0 saturated heterocycles. The van der Waals surface area contributed by atoms with E-state index in [9.17, 15) is 0 Å². The Hall–Kier alpha value is -2.24. The van der Waals surface area contributed by atoms with Crippen LogP contribution in [0.3, 0.4) is 0 Å². The zero-order chi connectivity index (χ0) is 14.9. The Kier molecular flexibility index (Phi) is 5.87. The molecule has 0 atom stereocenters. The number of nitrogens with one attached hydrogen (secondary N) is 1. The SMILES string of the molecule is CCCOc1nc(NCCCCn2ccnc2)ccc1N. The molecule has 2 aromatic heterocycles. The molecule has 3 N–H and O–H groups in total. The molecule has 0 aliphatic carbocycles. The Morgan fingerprint density at radius 1 is 1.33 bits per heavy atom. The van der Waals surface area contributed by atoms with E-state index in [2.05, 4.69) is 26.8 Å². The molecule has 0 aliphatic heterocycles. The Morgan fingerprint density at radius 2 is 2.24 bits per heavy atom. The summed E-state index contributed by atoms with van der Waals surface area (Å²) in [5.41, 5.74) is 6.41. The van der Waals surface area contributed by atoms with E-state index in [-0.39, 0.29) is 0 Å². The predicted octanol–water partition coefficient (Wildman–Crippen LogP) is 2.54. The number of aryl methyl sites for hydroxylation is 1. The molecule has 0 amide bonds. The second kappa shape index (κ2) is 8.14. The lowest BCUT2D eigenvalue weighted by Gasteiger charge is -2.10. The minimum Gasteiger partial charge on any atom is -0.476 e. The number of pyridine rings is 1. The van der Waals surface area contributed by atoms with Gasteiger partial charge >= 0.3 is 0 Å². The molecule has 2 heterocycles. The van der Waals surface area contributed by atoms with Crippen molar-refractivity contribution in [3.8, 4) is 5.88 Å². The minimum atomic E-state index is 0.514. The van der Waals surface area contributed by atoms with Gasteiger partial charge in [-0.3, -0.25) is 0 Å². The normalized spacial score (nSPS) is 10.5. The van der Waals surface area contributed by atoms with Gasteiger partial charge in [-0.25, -0.2) is 4.98 Å². The van der Waals surface area contributed by atoms with Gasteiger partial charge in [0.05, 0.1) is 18.6 Å². The number of imidazole rings is 1. The second-order valence-corrected chi connectivity index (χ2v) is 4.87. The van der Waals surface area contributed by atoms with E-state index in [0.29, 0.717) is 18.2 Å². The molecule has 0 radical (unpaired) electrons. The summed E-state index contributed by atoms with van der Waals surface area (Å²) in [5.74, 6) is 1.32. The van der Waals surface area contributed by atoms with Gasteiger partial charge in [-0.15, -0.1) is 0 Å². The zero-order valence-corrected chi connectivity index (χ0v) is 12.5. The average molecular weight is 289 g/mol. The number of hydrogen-bond donors (Lipinski definition) is 2. The summed E-state index contributed by atoms with van der Waals surface area (Å²) in [5, 5.41) is 3.30. The van der Waals surface area contributed by atoms with Gasteiger partial charge < -0.3 is 20.4 Å². The molecule has 2 aromatic rings. The van der Waals surface area contributed by atoms with Crippen LogP contribution in [0.2, 0.25) is 0 Å². The smallest absolute Gasteiger partial charge is 0.239 e. The third-order valence-corrected chi connectivity index (χ3v) is 3.04. The quantitative estimate of drug-likeness (QED) is 0.694. The van der Waals surface area contributed by atoms with Gasteiger partial charge in [0, 0.05) is 25.5 Å². The van der Waals surface area contributed by atoms with Crippen LogP contribution in [-0.4, -0.2) is 27.7 Å². The number of aromatic nitrogens is 3. The van der Waals surface area contributed by atoms with Crippen molar-refractivity contribution in [1.82, 2.24) is 14.5 Å². The number of nitrogens with zero attached hydrogens (tertiary/aromatic N) is 3. The average Bonchev–Trinajstić information content (AvgIpc) is 3.00. The molecule has 0 saturated carbocycles. The van der Waals surface area contributed by atoms with Crippen molar-refractivity contribution in [3.63, 3.8) is 0 Å². The van der Waals surface area contributed by atoms with E-state index < -0.39 is 0 Å². The molecule has 0 aromatic carbocycles. The van der Waals surface area contributed by atoms with E-state index in [0.717, 1.165) is 38.2 Å². The Labute approximate surface area is 125 Å². The molecular weight excluding hydrogens is 266 g/mol. The predicted molar refractivity (Wildman–Crippen MR) is 84.4 cm³/mol. The number of nitrogens with two attached hydrogens (primary N) is 1. The Balaban J connectivity index is 1.72. The van der Waals surface area contributed by atoms with Gasteiger partial charge in [0.2, 0.25) is 5.88 Å². The summed E-state index contributed by atoms with van der Waals surface area (Å²) in [6.07, 6.45) is 8.72. The molecule has 0 aliphatic rings. The monoisotopic (exact) mass is 289 g/mol. The largest absolute Gasteiger partial charge is 0.476 e. The van der Waals surface area contributed by atoms with Crippen molar-refractivity contribution in [2.24, 2.45) is 0 Å². The Bertz CT molecular complexity index is 527. The first-order chi connectivity index (χ1) is 10.3. The molecule has 114 valence electrons. The third-order valence-electron chi connectivity index (χ3n) is 3.04. The molecule has 0 spiro atoms. The molecular formula is C15H23N5O. The molecule has 0 unspecified atom stereocenters. The number of rotatable bonds is 9. The van der Waals surface area contributed by atoms with Gasteiger partial charge in [-0.05, 0) is 31.4 Å². The van der Waals surface area contributed by atoms with Crippen molar-refractivity contribution in [1.29, 1.82) is 0 Å². The maximum absolute atomic E-state index is 5.84. The first-order valence-corrected chi connectivity index (χ1v) is 7.38. The van der Waals surface area contributed by atoms with E-state index in [1.54, 1.807) is 6.20 Å². The van der Waals surface area contributed by atoms with Crippen LogP contribution in [0.4, 0.5) is 11.5 Å². The fourth-order valence-electron chi connectivity index (χ4n) is 1.92. The minimum absolute atomic E-state index is 0.514. The highest BCUT2D eigenvalue weighted by Crippen LogP contribution is 2.20. The van der Waals surface area contributed by atoms with Crippen LogP contribution < -0.4 is 15.8 Å². The molecule has 2 rings (SSSR count). The highest BCUT2D eigenvalue weighted by molar-refractivity contribution is 5.53. The lowest BCUT2D eigenvalue weighted by atomic mass is 10.3. The molecule has 6 nitrogen and oxygen atoms in total. The summed E-state index contributed by atoms with van der Waals surface area (Å²) < 4.78 is 7.60. The van der Waals surface area contributed by atoms with Crippen molar-refractivity contribution >= 4 is 11.5 Å². The first kappa shape index (κ1) is 15.2. The van der Waals surface area contributed by atoms with Gasteiger partial charge in [0.1, 0.15) is 5.82 Å². The highest BCUT2D eigenvalue weighted by Gasteiger charge is 2.03. The fourth-order valence-corrected chi connectivity index (χ4v) is 1.92. The lowest BCUT2D eigenvalue weighted by Crippen LogP contribution is -2.07. The summed E-state index contributed by atoms with van der Waals surface area (Å²) in [7, 11) is 0. The first-order valence-electron chi connectivity index (χ1n) is 7.38. The van der Waals surface area contributed by atoms with Crippen LogP contribution in [0.5, 0.6) is 5.88 Å². The number of unbranched alkanes of at least 4 members (excludes halogenated alkanes) is 1. The number of nitrogen functional groups attached to an aromatic ring is 1. The lowest BCUT2D eigenvalue weighted by molar-refractivity contribution is 0.307. The summed E-state index contributed by atoms with van der Waals surface area (Å²) in [6.45, 7) is 4.55. The van der Waals surface area contributed by atoms with E-state index >= 15 is 0 Å². The molecule has 6 heteroatoms. The van der Waals surface area contributed by atoms with Crippen molar-refractivity contribution in [2.45, 2.75) is 32.7 Å². The van der Waals surface area contributed by atoms with E-state index in [1.807, 2.05) is 24.7 Å². The summed E-state index contributed by atoms with van der Waals surface area (Å²) in [6, 6.07) is 3.70. The van der Waals surface area contributed by atoms with Crippen LogP contribution >= 0.6 is 0 Å². The molecule has 21 heavy (non-hydrogen) atoms. The zero-order valence-electron chi connectivity index (χ0n) is 12.5. The summed E-state index contributed by atoms with van der Waals surface area (Å²) >= 11 is 0. The van der Waals surface area contributed by atoms with Crippen LogP contribution in [0.1, 0.15) is 26.2 Å². The molecule has 0 bridgehead atoms. The van der Waals surface area contributed by atoms with Gasteiger partial charge in [0.15, 0.2) is 0 Å². The van der Waals surface area contributed by atoms with Crippen molar-refractivity contribution in [2.75, 3.05) is 24.2 Å². The third kappa shape index (κ3) is 4.98. The Morgan fingerprint density at radius 3 is 3.00 bits per heavy atom. The van der Waals surface area contributed by atoms with E-state index in [4.69, 9.17) is 10.5 Å². The van der Waals surface area contributed by atoms with Crippen LogP contribution in [-0.2, 0) is 6.54 Å². The van der Waals surface area contributed by atoms with Gasteiger partial charge in [0.25, 0.3) is 0 Å².